The molecule has 0 heterocycles. The Hall–Kier alpha value is -1.44. The molecule has 2 nitrogen and oxygen atoms in total. The first-order chi connectivity index (χ1) is 6.20. The number of benzene rings is 1. The summed E-state index contributed by atoms with van der Waals surface area (Å²) in [6, 6.07) is 5.30. The van der Waals surface area contributed by atoms with Gasteiger partial charge in [0.2, 0.25) is 0 Å². The minimum atomic E-state index is 0.0280. The second kappa shape index (κ2) is 3.99. The Morgan fingerprint density at radius 1 is 1.46 bits per heavy atom. The number of aryl methyl sites for hydroxylation is 1. The summed E-state index contributed by atoms with van der Waals surface area (Å²) < 4.78 is 0. The second-order valence-electron chi connectivity index (χ2n) is 2.93. The summed E-state index contributed by atoms with van der Waals surface area (Å²) in [5.74, 6) is 0.0280. The first-order valence-corrected chi connectivity index (χ1v) is 4.28. The zero-order chi connectivity index (χ0) is 9.84. The zero-order valence-electron chi connectivity index (χ0n) is 7.83. The molecule has 13 heavy (non-hydrogen) atoms. The lowest BCUT2D eigenvalue weighted by atomic mass is 9.98. The van der Waals surface area contributed by atoms with E-state index in [0.29, 0.717) is 17.5 Å². The highest BCUT2D eigenvalue weighted by Gasteiger charge is 2.10. The van der Waals surface area contributed by atoms with Crippen LogP contribution in [0, 0.1) is 6.92 Å². The molecule has 1 aromatic carbocycles. The number of aldehydes is 1. The lowest BCUT2D eigenvalue weighted by molar-refractivity contribution is 0.0981. The summed E-state index contributed by atoms with van der Waals surface area (Å²) in [5.41, 5.74) is 1.93. The van der Waals surface area contributed by atoms with Gasteiger partial charge in [-0.25, -0.2) is 0 Å². The highest BCUT2D eigenvalue weighted by atomic mass is 16.1. The van der Waals surface area contributed by atoms with E-state index < -0.39 is 0 Å². The number of carbonyl (C=O) groups excluding carboxylic acids is 2. The summed E-state index contributed by atoms with van der Waals surface area (Å²) in [7, 11) is 0. The molecular formula is C11H12O2. The van der Waals surface area contributed by atoms with E-state index in [4.69, 9.17) is 0 Å². The molecule has 0 radical (unpaired) electrons. The predicted octanol–water partition coefficient (Wildman–Crippen LogP) is 2.40. The molecule has 0 aromatic heterocycles. The van der Waals surface area contributed by atoms with Crippen LogP contribution in [0.25, 0.3) is 0 Å². The molecule has 0 amide bonds. The SMILES string of the molecule is CCC(=O)c1c(C)cccc1C=O. The standard InChI is InChI=1S/C11H12O2/c1-3-10(13)11-8(2)5-4-6-9(11)7-12/h4-7H,3H2,1-2H3. The molecule has 0 unspecified atom stereocenters. The average molecular weight is 176 g/mol. The van der Waals surface area contributed by atoms with E-state index in [1.807, 2.05) is 13.0 Å². The molecule has 0 fully saturated rings. The third kappa shape index (κ3) is 1.83. The van der Waals surface area contributed by atoms with Gasteiger partial charge in [0.1, 0.15) is 0 Å². The van der Waals surface area contributed by atoms with Gasteiger partial charge in [-0.2, -0.15) is 0 Å². The topological polar surface area (TPSA) is 34.1 Å². The van der Waals surface area contributed by atoms with Crippen LogP contribution in [0.5, 0.6) is 0 Å². The molecule has 1 rings (SSSR count). The van der Waals surface area contributed by atoms with E-state index in [1.165, 1.54) is 0 Å². The maximum atomic E-state index is 11.5. The highest BCUT2D eigenvalue weighted by molar-refractivity contribution is 6.03. The first kappa shape index (κ1) is 9.65. The summed E-state index contributed by atoms with van der Waals surface area (Å²) in [6.45, 7) is 3.64. The van der Waals surface area contributed by atoms with Gasteiger partial charge in [-0.3, -0.25) is 9.59 Å². The summed E-state index contributed by atoms with van der Waals surface area (Å²) in [5, 5.41) is 0. The van der Waals surface area contributed by atoms with Crippen molar-refractivity contribution in [1.29, 1.82) is 0 Å². The molecule has 1 aromatic rings. The molecule has 0 saturated heterocycles. The normalized spacial score (nSPS) is 9.69. The molecule has 0 spiro atoms. The summed E-state index contributed by atoms with van der Waals surface area (Å²) in [6.07, 6.45) is 1.17. The van der Waals surface area contributed by atoms with E-state index >= 15 is 0 Å². The molecule has 0 aliphatic rings. The van der Waals surface area contributed by atoms with Gasteiger partial charge in [-0.1, -0.05) is 25.1 Å². The fraction of sp³-hybridized carbons (Fsp3) is 0.273. The molecule has 68 valence electrons. The van der Waals surface area contributed by atoms with Crippen molar-refractivity contribution in [3.63, 3.8) is 0 Å². The Morgan fingerprint density at radius 2 is 2.15 bits per heavy atom. The van der Waals surface area contributed by atoms with Crippen molar-refractivity contribution < 1.29 is 9.59 Å². The quantitative estimate of drug-likeness (QED) is 0.523. The fourth-order valence-corrected chi connectivity index (χ4v) is 1.35. The van der Waals surface area contributed by atoms with Crippen molar-refractivity contribution in [3.05, 3.63) is 34.9 Å². The van der Waals surface area contributed by atoms with Crippen LogP contribution in [-0.2, 0) is 0 Å². The van der Waals surface area contributed by atoms with Crippen LogP contribution in [-0.4, -0.2) is 12.1 Å². The monoisotopic (exact) mass is 176 g/mol. The molecule has 0 atom stereocenters. The largest absolute Gasteiger partial charge is 0.298 e. The lowest BCUT2D eigenvalue weighted by Crippen LogP contribution is -2.04. The maximum Gasteiger partial charge on any atom is 0.163 e. The van der Waals surface area contributed by atoms with E-state index in [1.54, 1.807) is 19.1 Å². The van der Waals surface area contributed by atoms with Gasteiger partial charge < -0.3 is 0 Å². The van der Waals surface area contributed by atoms with Crippen molar-refractivity contribution in [3.8, 4) is 0 Å². The molecule has 2 heteroatoms. The molecule has 0 bridgehead atoms. The molecule has 0 aliphatic carbocycles. The van der Waals surface area contributed by atoms with Crippen molar-refractivity contribution in [2.45, 2.75) is 20.3 Å². The van der Waals surface area contributed by atoms with Gasteiger partial charge in [0.05, 0.1) is 0 Å². The second-order valence-corrected chi connectivity index (χ2v) is 2.93. The van der Waals surface area contributed by atoms with Crippen LogP contribution in [0.2, 0.25) is 0 Å². The minimum Gasteiger partial charge on any atom is -0.298 e. The Kier molecular flexibility index (Phi) is 2.96. The van der Waals surface area contributed by atoms with Crippen molar-refractivity contribution in [1.82, 2.24) is 0 Å². The van der Waals surface area contributed by atoms with Crippen LogP contribution in [0.1, 0.15) is 39.6 Å². The smallest absolute Gasteiger partial charge is 0.163 e. The lowest BCUT2D eigenvalue weighted by Gasteiger charge is -2.05. The van der Waals surface area contributed by atoms with Crippen molar-refractivity contribution >= 4 is 12.1 Å². The van der Waals surface area contributed by atoms with E-state index in [2.05, 4.69) is 0 Å². The number of hydrogen-bond acceptors (Lipinski definition) is 2. The predicted molar refractivity (Wildman–Crippen MR) is 51.2 cm³/mol. The van der Waals surface area contributed by atoms with Gasteiger partial charge in [0.25, 0.3) is 0 Å². The Balaban J connectivity index is 3.30. The van der Waals surface area contributed by atoms with Crippen LogP contribution in [0.3, 0.4) is 0 Å². The zero-order valence-corrected chi connectivity index (χ0v) is 7.83. The maximum absolute atomic E-state index is 11.5. The Labute approximate surface area is 77.6 Å². The van der Waals surface area contributed by atoms with E-state index in [9.17, 15) is 9.59 Å². The Bertz CT molecular complexity index is 340. The summed E-state index contributed by atoms with van der Waals surface area (Å²) in [4.78, 5) is 22.1. The molecule has 0 N–H and O–H groups in total. The average Bonchev–Trinajstić information content (AvgIpc) is 2.16. The third-order valence-corrected chi connectivity index (χ3v) is 2.03. The van der Waals surface area contributed by atoms with Crippen LogP contribution in [0.4, 0.5) is 0 Å². The third-order valence-electron chi connectivity index (χ3n) is 2.03. The van der Waals surface area contributed by atoms with Gasteiger partial charge in [0, 0.05) is 17.5 Å². The van der Waals surface area contributed by atoms with Gasteiger partial charge >= 0.3 is 0 Å². The van der Waals surface area contributed by atoms with Crippen molar-refractivity contribution in [2.24, 2.45) is 0 Å². The molecular weight excluding hydrogens is 164 g/mol. The van der Waals surface area contributed by atoms with Crippen LogP contribution >= 0.6 is 0 Å². The van der Waals surface area contributed by atoms with E-state index in [-0.39, 0.29) is 5.78 Å². The van der Waals surface area contributed by atoms with Gasteiger partial charge in [-0.15, -0.1) is 0 Å². The number of hydrogen-bond donors (Lipinski definition) is 0. The van der Waals surface area contributed by atoms with Gasteiger partial charge in [0.15, 0.2) is 12.1 Å². The van der Waals surface area contributed by atoms with Crippen molar-refractivity contribution in [2.75, 3.05) is 0 Å². The van der Waals surface area contributed by atoms with Crippen LogP contribution < -0.4 is 0 Å². The van der Waals surface area contributed by atoms with Gasteiger partial charge in [-0.05, 0) is 12.5 Å². The summed E-state index contributed by atoms with van der Waals surface area (Å²) >= 11 is 0. The number of rotatable bonds is 3. The molecule has 0 saturated carbocycles. The molecule has 0 aliphatic heterocycles. The fourth-order valence-electron chi connectivity index (χ4n) is 1.35. The minimum absolute atomic E-state index is 0.0280. The number of Topliss-reactive ketones (excluding diaryl/α,β-unsaturated/α-hetero) is 1. The highest BCUT2D eigenvalue weighted by Crippen LogP contribution is 2.14. The number of ketones is 1. The first-order valence-electron chi connectivity index (χ1n) is 4.28. The van der Waals surface area contributed by atoms with Crippen LogP contribution in [0.15, 0.2) is 18.2 Å². The van der Waals surface area contributed by atoms with E-state index in [0.717, 1.165) is 11.8 Å². The number of carbonyl (C=O) groups is 2. The Morgan fingerprint density at radius 3 is 2.69 bits per heavy atom.